The topological polar surface area (TPSA) is 126 Å². The summed E-state index contributed by atoms with van der Waals surface area (Å²) in [5, 5.41) is 5.05. The van der Waals surface area contributed by atoms with E-state index in [1.165, 1.54) is 4.90 Å². The van der Waals surface area contributed by atoms with Crippen molar-refractivity contribution < 1.29 is 24.5 Å². The maximum atomic E-state index is 13.7. The molecule has 8 nitrogen and oxygen atoms in total. The number of amides is 4. The maximum absolute atomic E-state index is 13.7. The summed E-state index contributed by atoms with van der Waals surface area (Å²) in [4.78, 5) is 53.6. The van der Waals surface area contributed by atoms with Crippen LogP contribution in [0, 0.1) is 18.8 Å². The van der Waals surface area contributed by atoms with E-state index in [0.717, 1.165) is 5.56 Å². The molecule has 0 aliphatic carbocycles. The third kappa shape index (κ3) is 2.73. The molecule has 164 valence electrons. The summed E-state index contributed by atoms with van der Waals surface area (Å²) in [6.45, 7) is 1.90. The lowest BCUT2D eigenvalue weighted by Crippen LogP contribution is -2.99. The molecule has 0 bridgehead atoms. The largest absolute Gasteiger partial charge is 0.369 e. The maximum Gasteiger partial charge on any atom is 0.291 e. The van der Waals surface area contributed by atoms with E-state index in [0.29, 0.717) is 21.8 Å². The Morgan fingerprint density at radius 1 is 1.16 bits per heavy atom. The second kappa shape index (κ2) is 7.15. The number of nitrogens with two attached hydrogens (primary N) is 2. The van der Waals surface area contributed by atoms with Gasteiger partial charge >= 0.3 is 0 Å². The zero-order valence-corrected chi connectivity index (χ0v) is 18.1. The number of likely N-dealkylation sites (tertiary alicyclic amines) is 1. The third-order valence-electron chi connectivity index (χ3n) is 6.95. The minimum absolute atomic E-state index is 0.110. The van der Waals surface area contributed by atoms with Crippen molar-refractivity contribution in [2.45, 2.75) is 31.5 Å². The summed E-state index contributed by atoms with van der Waals surface area (Å²) in [6, 6.07) is 12.0. The van der Waals surface area contributed by atoms with E-state index in [1.54, 1.807) is 24.4 Å². The number of hydrogen-bond acceptors (Lipinski definition) is 4. The number of nitrogens with zero attached hydrogens (tertiary/aromatic N) is 1. The van der Waals surface area contributed by atoms with Crippen LogP contribution < -0.4 is 16.4 Å². The highest BCUT2D eigenvalue weighted by atomic mass is 35.5. The number of carbonyl (C=O) groups excluding carboxylic acids is 4. The summed E-state index contributed by atoms with van der Waals surface area (Å²) in [5.74, 6) is -3.54. The van der Waals surface area contributed by atoms with Crippen molar-refractivity contribution in [3.8, 4) is 0 Å². The zero-order valence-electron chi connectivity index (χ0n) is 17.3. The van der Waals surface area contributed by atoms with Crippen LogP contribution in [0.2, 0.25) is 5.02 Å². The van der Waals surface area contributed by atoms with E-state index in [9.17, 15) is 19.2 Å². The summed E-state index contributed by atoms with van der Waals surface area (Å²) in [6.07, 6.45) is -0.115. The molecule has 3 aliphatic heterocycles. The van der Waals surface area contributed by atoms with Gasteiger partial charge in [0.2, 0.25) is 23.3 Å². The minimum Gasteiger partial charge on any atom is -0.369 e. The van der Waals surface area contributed by atoms with Gasteiger partial charge in [0, 0.05) is 10.6 Å². The standard InChI is InChI=1S/C23H21ClN4O4/c1-11-14(24)8-7-13-19(11)26-22(32)23(13)18-17(15(27-23)9-16(25)29)20(30)28(21(18)31)10-12-5-3-2-4-6-12/h2-8,15,17-18,27H,9-10H2,1H3,(H2,25,29)(H,26,32)/p+1/t15-,17+,18-,23-/m0/s1. The Bertz CT molecular complexity index is 1180. The van der Waals surface area contributed by atoms with Crippen LogP contribution >= 0.6 is 11.6 Å². The van der Waals surface area contributed by atoms with Crippen molar-refractivity contribution in [2.75, 3.05) is 5.32 Å². The molecule has 5 rings (SSSR count). The van der Waals surface area contributed by atoms with Crippen LogP contribution in [-0.2, 0) is 31.3 Å². The monoisotopic (exact) mass is 453 g/mol. The number of nitrogens with one attached hydrogen (secondary N) is 1. The van der Waals surface area contributed by atoms with Gasteiger partial charge < -0.3 is 16.4 Å². The normalized spacial score (nSPS) is 28.2. The Morgan fingerprint density at radius 3 is 2.56 bits per heavy atom. The Hall–Kier alpha value is -3.23. The molecule has 2 saturated heterocycles. The molecule has 1 spiro atoms. The van der Waals surface area contributed by atoms with Gasteiger partial charge in [-0.15, -0.1) is 0 Å². The molecule has 2 aromatic rings. The van der Waals surface area contributed by atoms with Crippen molar-refractivity contribution >= 4 is 40.9 Å². The van der Waals surface area contributed by atoms with E-state index >= 15 is 0 Å². The summed E-state index contributed by atoms with van der Waals surface area (Å²) in [7, 11) is 0. The molecule has 4 amide bonds. The quantitative estimate of drug-likeness (QED) is 0.580. The van der Waals surface area contributed by atoms with Crippen molar-refractivity contribution in [2.24, 2.45) is 17.6 Å². The second-order valence-electron chi connectivity index (χ2n) is 8.67. The first-order valence-corrected chi connectivity index (χ1v) is 10.8. The fraction of sp³-hybridized carbons (Fsp3) is 0.304. The van der Waals surface area contributed by atoms with Gasteiger partial charge in [0.25, 0.3) is 5.91 Å². The highest BCUT2D eigenvalue weighted by Gasteiger charge is 2.74. The molecule has 0 radical (unpaired) electrons. The third-order valence-corrected chi connectivity index (χ3v) is 7.36. The average Bonchev–Trinajstić information content (AvgIpc) is 3.32. The van der Waals surface area contributed by atoms with Crippen LogP contribution in [0.15, 0.2) is 42.5 Å². The van der Waals surface area contributed by atoms with Gasteiger partial charge in [0.15, 0.2) is 0 Å². The lowest BCUT2D eigenvalue weighted by molar-refractivity contribution is -0.732. The lowest BCUT2D eigenvalue weighted by Gasteiger charge is -2.26. The van der Waals surface area contributed by atoms with Gasteiger partial charge in [-0.2, -0.15) is 0 Å². The Balaban J connectivity index is 1.63. The molecule has 9 heteroatoms. The molecule has 0 unspecified atom stereocenters. The van der Waals surface area contributed by atoms with Gasteiger partial charge in [-0.3, -0.25) is 24.1 Å². The molecule has 3 aliphatic rings. The van der Waals surface area contributed by atoms with Crippen molar-refractivity contribution in [3.63, 3.8) is 0 Å². The molecule has 0 saturated carbocycles. The van der Waals surface area contributed by atoms with Crippen LogP contribution in [0.1, 0.15) is 23.1 Å². The first-order chi connectivity index (χ1) is 15.3. The molecular weight excluding hydrogens is 432 g/mol. The predicted octanol–water partition coefficient (Wildman–Crippen LogP) is 0.418. The molecule has 3 heterocycles. The fourth-order valence-electron chi connectivity index (χ4n) is 5.55. The smallest absolute Gasteiger partial charge is 0.291 e. The number of anilines is 1. The van der Waals surface area contributed by atoms with Crippen molar-refractivity contribution in [3.05, 3.63) is 64.2 Å². The van der Waals surface area contributed by atoms with E-state index in [2.05, 4.69) is 5.32 Å². The van der Waals surface area contributed by atoms with E-state index in [1.807, 2.05) is 30.3 Å². The minimum atomic E-state index is -1.35. The molecular formula is C23H22ClN4O4+. The number of benzene rings is 2. The van der Waals surface area contributed by atoms with Crippen LogP contribution in [0.25, 0.3) is 0 Å². The second-order valence-corrected chi connectivity index (χ2v) is 9.08. The van der Waals surface area contributed by atoms with Gasteiger partial charge in [-0.25, -0.2) is 0 Å². The first-order valence-electron chi connectivity index (χ1n) is 10.4. The van der Waals surface area contributed by atoms with Gasteiger partial charge in [0.1, 0.15) is 17.9 Å². The van der Waals surface area contributed by atoms with Crippen LogP contribution in [0.4, 0.5) is 5.69 Å². The van der Waals surface area contributed by atoms with E-state index in [-0.39, 0.29) is 24.8 Å². The summed E-state index contributed by atoms with van der Waals surface area (Å²) < 4.78 is 0. The Labute approximate surface area is 189 Å². The SMILES string of the molecule is Cc1c(Cl)ccc2c1NC(=O)[C@]21[NH2+][C@@H](CC(N)=O)[C@H]2C(=O)N(Cc3ccccc3)C(=O)[C@H]21. The number of primary amides is 1. The van der Waals surface area contributed by atoms with E-state index < -0.39 is 35.2 Å². The van der Waals surface area contributed by atoms with Crippen LogP contribution in [0.3, 0.4) is 0 Å². The Kier molecular flexibility index (Phi) is 4.61. The highest BCUT2D eigenvalue weighted by Crippen LogP contribution is 2.51. The van der Waals surface area contributed by atoms with Crippen molar-refractivity contribution in [1.82, 2.24) is 4.90 Å². The number of quaternary nitrogens is 1. The molecule has 32 heavy (non-hydrogen) atoms. The van der Waals surface area contributed by atoms with Gasteiger partial charge in [0.05, 0.1) is 18.7 Å². The first kappa shape index (κ1) is 20.7. The number of carbonyl (C=O) groups is 4. The Morgan fingerprint density at radius 2 is 1.88 bits per heavy atom. The number of halogens is 1. The number of rotatable bonds is 4. The number of imide groups is 1. The van der Waals surface area contributed by atoms with E-state index in [4.69, 9.17) is 17.3 Å². The van der Waals surface area contributed by atoms with Crippen LogP contribution in [0.5, 0.6) is 0 Å². The summed E-state index contributed by atoms with van der Waals surface area (Å²) in [5.41, 5.74) is 6.77. The molecule has 2 aromatic carbocycles. The average molecular weight is 454 g/mol. The van der Waals surface area contributed by atoms with Gasteiger partial charge in [-0.05, 0) is 30.2 Å². The number of hydrogen-bond donors (Lipinski definition) is 3. The fourth-order valence-corrected chi connectivity index (χ4v) is 5.71. The molecule has 2 fully saturated rings. The molecule has 4 atom stereocenters. The number of fused-ring (bicyclic) bond motifs is 4. The van der Waals surface area contributed by atoms with Crippen LogP contribution in [-0.4, -0.2) is 34.6 Å². The highest BCUT2D eigenvalue weighted by molar-refractivity contribution is 6.32. The zero-order chi connectivity index (χ0) is 22.8. The molecule has 5 N–H and O–H groups in total. The van der Waals surface area contributed by atoms with Gasteiger partial charge in [-0.1, -0.05) is 41.9 Å². The molecule has 0 aromatic heterocycles. The predicted molar refractivity (Wildman–Crippen MR) is 115 cm³/mol. The van der Waals surface area contributed by atoms with Crippen molar-refractivity contribution in [1.29, 1.82) is 0 Å². The lowest BCUT2D eigenvalue weighted by atomic mass is 9.76. The summed E-state index contributed by atoms with van der Waals surface area (Å²) >= 11 is 6.26.